The second kappa shape index (κ2) is 16.8. The molecule has 0 aromatic carbocycles. The number of amides is 1. The van der Waals surface area contributed by atoms with Gasteiger partial charge in [-0.2, -0.15) is 12.8 Å². The van der Waals surface area contributed by atoms with Gasteiger partial charge in [-0.15, -0.1) is 10.2 Å². The number of sulfonamides is 1. The van der Waals surface area contributed by atoms with Crippen molar-refractivity contribution in [3.8, 4) is 0 Å². The molecule has 0 saturated heterocycles. The van der Waals surface area contributed by atoms with Crippen LogP contribution >= 0.6 is 11.3 Å². The maximum absolute atomic E-state index is 12.1. The summed E-state index contributed by atoms with van der Waals surface area (Å²) >= 11 is 0.792. The number of hydrogen-bond donors (Lipinski definition) is 1. The zero-order valence-electron chi connectivity index (χ0n) is 18.8. The number of rotatable bonds is 17. The fraction of sp³-hybridized carbons (Fsp3) is 0.636. The van der Waals surface area contributed by atoms with Crippen LogP contribution in [0.15, 0.2) is 33.0 Å². The lowest BCUT2D eigenvalue weighted by atomic mass is 10.1. The van der Waals surface area contributed by atoms with Gasteiger partial charge in [-0.25, -0.2) is 0 Å². The lowest BCUT2D eigenvalue weighted by Crippen LogP contribution is -2.04. The zero-order valence-corrected chi connectivity index (χ0v) is 20.4. The van der Waals surface area contributed by atoms with Crippen molar-refractivity contribution in [3.63, 3.8) is 0 Å². The van der Waals surface area contributed by atoms with Gasteiger partial charge in [0.1, 0.15) is 0 Å². The molecular formula is C22H36N4O3S2. The number of unbranched alkanes of at least 4 members (excludes halogenated alkanes) is 9. The zero-order chi connectivity index (χ0) is 22.8. The third kappa shape index (κ3) is 13.9. The number of carbonyl (C=O) groups excluding carboxylic acids is 1. The third-order valence-corrected chi connectivity index (χ3v) is 6.87. The quantitative estimate of drug-likeness (QED) is 0.129. The third-order valence-electron chi connectivity index (χ3n) is 4.41. The Morgan fingerprint density at radius 1 is 0.935 bits per heavy atom. The molecule has 0 atom stereocenters. The predicted molar refractivity (Wildman–Crippen MR) is 129 cm³/mol. The molecule has 1 aromatic heterocycles. The highest BCUT2D eigenvalue weighted by atomic mass is 32.2. The summed E-state index contributed by atoms with van der Waals surface area (Å²) in [7, 11) is -3.85. The maximum atomic E-state index is 12.1. The molecule has 0 aliphatic carbocycles. The first-order valence-electron chi connectivity index (χ1n) is 11.2. The van der Waals surface area contributed by atoms with Crippen molar-refractivity contribution in [3.05, 3.63) is 24.3 Å². The van der Waals surface area contributed by atoms with Crippen molar-refractivity contribution in [2.75, 3.05) is 5.32 Å². The van der Waals surface area contributed by atoms with Crippen LogP contribution in [0.5, 0.6) is 0 Å². The van der Waals surface area contributed by atoms with E-state index in [1.807, 2.05) is 0 Å². The SMILES string of the molecule is CCCCC/C=C/C/C=C/CCCCCCC/C=N\S(=O)(=O)c1nnc(NC(C)=O)s1. The van der Waals surface area contributed by atoms with E-state index in [1.54, 1.807) is 0 Å². The highest BCUT2D eigenvalue weighted by Gasteiger charge is 2.18. The Morgan fingerprint density at radius 3 is 2.19 bits per heavy atom. The van der Waals surface area contributed by atoms with E-state index in [0.717, 1.165) is 43.4 Å². The van der Waals surface area contributed by atoms with Crippen molar-refractivity contribution >= 4 is 38.6 Å². The van der Waals surface area contributed by atoms with Crippen LogP contribution in [0.3, 0.4) is 0 Å². The van der Waals surface area contributed by atoms with E-state index >= 15 is 0 Å². The Hall–Kier alpha value is -1.87. The molecule has 0 saturated carbocycles. The normalized spacial score (nSPS) is 12.5. The van der Waals surface area contributed by atoms with E-state index in [0.29, 0.717) is 6.42 Å². The molecule has 0 aliphatic heterocycles. The Morgan fingerprint density at radius 2 is 1.55 bits per heavy atom. The first-order chi connectivity index (χ1) is 15.0. The number of hydrogen-bond acceptors (Lipinski definition) is 6. The minimum atomic E-state index is -3.85. The van der Waals surface area contributed by atoms with Gasteiger partial charge in [-0.1, -0.05) is 74.7 Å². The molecule has 0 spiro atoms. The van der Waals surface area contributed by atoms with Crippen LogP contribution in [0.2, 0.25) is 0 Å². The Balaban J connectivity index is 2.06. The summed E-state index contributed by atoms with van der Waals surface area (Å²) in [4.78, 5) is 11.0. The minimum absolute atomic E-state index is 0.148. The minimum Gasteiger partial charge on any atom is -0.301 e. The molecule has 0 radical (unpaired) electrons. The molecule has 7 nitrogen and oxygen atoms in total. The van der Waals surface area contributed by atoms with Gasteiger partial charge < -0.3 is 5.32 Å². The van der Waals surface area contributed by atoms with Crippen LogP contribution in [0.1, 0.15) is 90.9 Å². The summed E-state index contributed by atoms with van der Waals surface area (Å²) in [6.45, 7) is 3.54. The van der Waals surface area contributed by atoms with Crippen LogP contribution < -0.4 is 5.32 Å². The highest BCUT2D eigenvalue weighted by molar-refractivity contribution is 7.92. The Kier molecular flexibility index (Phi) is 14.7. The number of nitrogens with zero attached hydrogens (tertiary/aromatic N) is 3. The number of allylic oxidation sites excluding steroid dienone is 4. The second-order valence-corrected chi connectivity index (χ2v) is 10.1. The highest BCUT2D eigenvalue weighted by Crippen LogP contribution is 2.21. The molecule has 9 heteroatoms. The van der Waals surface area contributed by atoms with E-state index < -0.39 is 10.0 Å². The molecule has 1 amide bonds. The van der Waals surface area contributed by atoms with E-state index in [4.69, 9.17) is 0 Å². The lowest BCUT2D eigenvalue weighted by Gasteiger charge is -1.98. The summed E-state index contributed by atoms with van der Waals surface area (Å²) in [5, 5.41) is 9.76. The van der Waals surface area contributed by atoms with Crippen molar-refractivity contribution in [2.45, 2.75) is 95.2 Å². The van der Waals surface area contributed by atoms with Crippen LogP contribution in [-0.2, 0) is 14.8 Å². The van der Waals surface area contributed by atoms with Gasteiger partial charge >= 0.3 is 10.0 Å². The molecule has 0 bridgehead atoms. The number of aromatic nitrogens is 2. The molecule has 31 heavy (non-hydrogen) atoms. The van der Waals surface area contributed by atoms with Crippen LogP contribution in [0.25, 0.3) is 0 Å². The first-order valence-corrected chi connectivity index (χ1v) is 13.4. The lowest BCUT2D eigenvalue weighted by molar-refractivity contribution is -0.114. The molecule has 1 heterocycles. The van der Waals surface area contributed by atoms with Crippen molar-refractivity contribution < 1.29 is 13.2 Å². The topological polar surface area (TPSA) is 101 Å². The Bertz CT molecular complexity index is 814. The van der Waals surface area contributed by atoms with Crippen LogP contribution in [0, 0.1) is 0 Å². The monoisotopic (exact) mass is 468 g/mol. The molecular weight excluding hydrogens is 432 g/mol. The molecule has 0 fully saturated rings. The van der Waals surface area contributed by atoms with Gasteiger partial charge in [-0.3, -0.25) is 4.79 Å². The van der Waals surface area contributed by atoms with Crippen LogP contribution in [-0.4, -0.2) is 30.7 Å². The standard InChI is InChI=1S/C22H36N4O3S2/c1-3-4-5-6-7-8-9-10-11-12-13-14-15-16-17-18-19-23-31(28,29)22-26-25-21(30-22)24-20(2)27/h7-8,10-11,19H,3-6,9,12-18H2,1-2H3,(H,24,25,27)/b8-7+,11-10+,23-19-. The first kappa shape index (κ1) is 27.2. The van der Waals surface area contributed by atoms with Crippen molar-refractivity contribution in [2.24, 2.45) is 4.40 Å². The van der Waals surface area contributed by atoms with E-state index in [1.165, 1.54) is 51.7 Å². The summed E-state index contributed by atoms with van der Waals surface area (Å²) < 4.78 is 27.6. The van der Waals surface area contributed by atoms with E-state index in [2.05, 4.69) is 51.1 Å². The number of anilines is 1. The van der Waals surface area contributed by atoms with Gasteiger partial charge in [0.05, 0.1) is 0 Å². The molecule has 1 rings (SSSR count). The Labute approximate surface area is 191 Å². The maximum Gasteiger partial charge on any atom is 0.311 e. The van der Waals surface area contributed by atoms with Crippen LogP contribution in [0.4, 0.5) is 5.13 Å². The van der Waals surface area contributed by atoms with Gasteiger partial charge in [0, 0.05) is 13.1 Å². The number of carbonyl (C=O) groups is 1. The summed E-state index contributed by atoms with van der Waals surface area (Å²) in [5.41, 5.74) is 0. The smallest absolute Gasteiger partial charge is 0.301 e. The molecule has 1 N–H and O–H groups in total. The van der Waals surface area contributed by atoms with Gasteiger partial charge in [0.2, 0.25) is 11.0 Å². The molecule has 0 aliphatic rings. The number of nitrogens with one attached hydrogen (secondary N) is 1. The fourth-order valence-corrected chi connectivity index (χ4v) is 4.60. The predicted octanol–water partition coefficient (Wildman–Crippen LogP) is 6.07. The van der Waals surface area contributed by atoms with Gasteiger partial charge in [0.25, 0.3) is 4.34 Å². The molecule has 174 valence electrons. The average Bonchev–Trinajstić information content (AvgIpc) is 3.19. The summed E-state index contributed by atoms with van der Waals surface area (Å²) in [5.74, 6) is -0.329. The van der Waals surface area contributed by atoms with Gasteiger partial charge in [-0.05, 0) is 44.9 Å². The molecule has 1 aromatic rings. The van der Waals surface area contributed by atoms with E-state index in [-0.39, 0.29) is 15.4 Å². The largest absolute Gasteiger partial charge is 0.311 e. The van der Waals surface area contributed by atoms with Crippen molar-refractivity contribution in [1.29, 1.82) is 0 Å². The van der Waals surface area contributed by atoms with Crippen molar-refractivity contribution in [1.82, 2.24) is 10.2 Å². The molecule has 0 unspecified atom stereocenters. The fourth-order valence-electron chi connectivity index (χ4n) is 2.76. The average molecular weight is 469 g/mol. The second-order valence-electron chi connectivity index (χ2n) is 7.34. The van der Waals surface area contributed by atoms with E-state index in [9.17, 15) is 13.2 Å². The summed E-state index contributed by atoms with van der Waals surface area (Å²) in [6, 6.07) is 0. The van der Waals surface area contributed by atoms with Gasteiger partial charge in [0.15, 0.2) is 0 Å². The summed E-state index contributed by atoms with van der Waals surface area (Å²) in [6.07, 6.45) is 23.8.